The summed E-state index contributed by atoms with van der Waals surface area (Å²) in [4.78, 5) is 32.8. The molecule has 0 unspecified atom stereocenters. The summed E-state index contributed by atoms with van der Waals surface area (Å²) >= 11 is 0. The van der Waals surface area contributed by atoms with E-state index in [4.69, 9.17) is 9.47 Å². The number of ether oxygens (including phenoxy) is 3. The van der Waals surface area contributed by atoms with Crippen LogP contribution >= 0.6 is 0 Å². The summed E-state index contributed by atoms with van der Waals surface area (Å²) in [6.07, 6.45) is -8.87. The summed E-state index contributed by atoms with van der Waals surface area (Å²) in [5.41, 5.74) is -2.14. The molecule has 0 radical (unpaired) electrons. The van der Waals surface area contributed by atoms with Crippen LogP contribution in [-0.2, 0) is 32.0 Å². The van der Waals surface area contributed by atoms with Crippen LogP contribution in [0.1, 0.15) is 22.9 Å². The number of imidazole rings is 1. The molecule has 0 amide bonds. The molecular weight excluding hydrogens is 638 g/mol. The molecule has 1 aliphatic rings. The number of anilines is 1. The molecule has 5 N–H and O–H groups in total. The molecule has 1 fully saturated rings. The normalized spacial score (nSPS) is 20.0. The van der Waals surface area contributed by atoms with Crippen molar-refractivity contribution in [3.05, 3.63) is 83.7 Å². The van der Waals surface area contributed by atoms with Gasteiger partial charge in [-0.15, -0.1) is 0 Å². The zero-order valence-electron chi connectivity index (χ0n) is 24.0. The SMILES string of the molecule is O=C(O)C(Cc1ccc(OCC(F)(F)F)cc1)(OC[C@H]1O[C@@H](c2cnc3c(NCc4ccccc4F)ncnn23)[C@H](O)[C@@H]1O)C(=O)O. The first-order valence-electron chi connectivity index (χ1n) is 13.9. The minimum atomic E-state index is -4.59. The number of carboxylic acid groups (broad SMARTS) is 2. The quantitative estimate of drug-likeness (QED) is 0.103. The average Bonchev–Trinajstić information content (AvgIpc) is 3.58. The molecule has 18 heteroatoms. The average molecular weight is 666 g/mol. The topological polar surface area (TPSA) is 198 Å². The number of hydrogen-bond acceptors (Lipinski definition) is 11. The Bertz CT molecular complexity index is 1720. The fourth-order valence-electron chi connectivity index (χ4n) is 4.90. The standard InChI is InChI=1S/C29H27F4N5O9/c30-18-4-2-1-3-16(18)10-34-24-25-35-11-19(38(25)37-14-36-24)23-22(40)21(39)20(47-23)12-46-28(26(41)42,27(43)44)9-15-5-7-17(8-6-15)45-13-29(31,32)33/h1-8,11,14,20-23,39-40H,9-10,12-13H2,(H,41,42)(H,43,44)(H,34,36,37)/t20-,21-,22-,23+/m1/s1. The summed E-state index contributed by atoms with van der Waals surface area (Å²) in [6, 6.07) is 10.7. The van der Waals surface area contributed by atoms with Crippen LogP contribution in [0.5, 0.6) is 5.75 Å². The van der Waals surface area contributed by atoms with Crippen molar-refractivity contribution >= 4 is 23.4 Å². The molecular formula is C29H27F4N5O9. The van der Waals surface area contributed by atoms with E-state index in [2.05, 4.69) is 25.1 Å². The highest BCUT2D eigenvalue weighted by Crippen LogP contribution is 2.35. The van der Waals surface area contributed by atoms with Crippen molar-refractivity contribution in [3.8, 4) is 5.75 Å². The van der Waals surface area contributed by atoms with Gasteiger partial charge in [0.1, 0.15) is 42.3 Å². The van der Waals surface area contributed by atoms with Crippen molar-refractivity contribution in [2.24, 2.45) is 0 Å². The van der Waals surface area contributed by atoms with E-state index in [1.54, 1.807) is 18.2 Å². The third-order valence-electron chi connectivity index (χ3n) is 7.35. The molecule has 3 heterocycles. The highest BCUT2D eigenvalue weighted by atomic mass is 19.4. The van der Waals surface area contributed by atoms with Gasteiger partial charge < -0.3 is 40.0 Å². The molecule has 4 atom stereocenters. The van der Waals surface area contributed by atoms with Crippen LogP contribution in [0.3, 0.4) is 0 Å². The molecule has 0 bridgehead atoms. The van der Waals surface area contributed by atoms with Crippen molar-refractivity contribution in [1.29, 1.82) is 0 Å². The van der Waals surface area contributed by atoms with Gasteiger partial charge in [0, 0.05) is 18.5 Å². The Morgan fingerprint density at radius 2 is 1.70 bits per heavy atom. The predicted octanol–water partition coefficient (Wildman–Crippen LogP) is 2.15. The van der Waals surface area contributed by atoms with Crippen LogP contribution in [0.25, 0.3) is 5.65 Å². The van der Waals surface area contributed by atoms with Crippen LogP contribution in [0.4, 0.5) is 23.4 Å². The molecule has 250 valence electrons. The molecule has 1 saturated heterocycles. The van der Waals surface area contributed by atoms with E-state index in [9.17, 15) is 47.6 Å². The Balaban J connectivity index is 1.29. The highest BCUT2D eigenvalue weighted by molar-refractivity contribution is 6.02. The van der Waals surface area contributed by atoms with Gasteiger partial charge in [-0.2, -0.15) is 18.3 Å². The van der Waals surface area contributed by atoms with Crippen molar-refractivity contribution in [1.82, 2.24) is 19.6 Å². The van der Waals surface area contributed by atoms with E-state index in [1.165, 1.54) is 35.2 Å². The maximum absolute atomic E-state index is 14.1. The fourth-order valence-corrected chi connectivity index (χ4v) is 4.90. The largest absolute Gasteiger partial charge is 0.484 e. The lowest BCUT2D eigenvalue weighted by Crippen LogP contribution is -2.52. The number of aliphatic carboxylic acids is 2. The first kappa shape index (κ1) is 33.5. The number of carboxylic acids is 2. The molecule has 5 rings (SSSR count). The molecule has 2 aromatic carbocycles. The van der Waals surface area contributed by atoms with Crippen LogP contribution in [0.2, 0.25) is 0 Å². The second-order valence-electron chi connectivity index (χ2n) is 10.5. The van der Waals surface area contributed by atoms with Gasteiger partial charge >= 0.3 is 18.1 Å². The van der Waals surface area contributed by atoms with Crippen molar-refractivity contribution in [2.75, 3.05) is 18.5 Å². The molecule has 0 spiro atoms. The number of aromatic nitrogens is 4. The number of alkyl halides is 3. The van der Waals surface area contributed by atoms with Crippen LogP contribution in [0.15, 0.2) is 61.1 Å². The van der Waals surface area contributed by atoms with Gasteiger partial charge in [0.25, 0.3) is 5.60 Å². The summed E-state index contributed by atoms with van der Waals surface area (Å²) < 4.78 is 68.4. The van der Waals surface area contributed by atoms with E-state index in [1.807, 2.05) is 0 Å². The van der Waals surface area contributed by atoms with Crippen LogP contribution in [0, 0.1) is 5.82 Å². The van der Waals surface area contributed by atoms with Crippen molar-refractivity contribution < 1.29 is 61.8 Å². The number of carbonyl (C=O) groups is 2. The second-order valence-corrected chi connectivity index (χ2v) is 10.5. The molecule has 47 heavy (non-hydrogen) atoms. The summed E-state index contributed by atoms with van der Waals surface area (Å²) in [7, 11) is 0. The summed E-state index contributed by atoms with van der Waals surface area (Å²) in [5.74, 6) is -4.20. The van der Waals surface area contributed by atoms with Gasteiger partial charge in [0.05, 0.1) is 18.5 Å². The molecule has 0 aliphatic carbocycles. The Morgan fingerprint density at radius 3 is 2.36 bits per heavy atom. The van der Waals surface area contributed by atoms with E-state index in [-0.39, 0.29) is 35.0 Å². The van der Waals surface area contributed by atoms with Crippen LogP contribution < -0.4 is 10.1 Å². The number of benzene rings is 2. The Hall–Kier alpha value is -4.91. The molecule has 0 saturated carbocycles. The smallest absolute Gasteiger partial charge is 0.422 e. The number of rotatable bonds is 13. The first-order valence-corrected chi connectivity index (χ1v) is 13.9. The van der Waals surface area contributed by atoms with Gasteiger partial charge in [-0.1, -0.05) is 30.3 Å². The third kappa shape index (κ3) is 7.25. The molecule has 14 nitrogen and oxygen atoms in total. The Morgan fingerprint density at radius 1 is 1.00 bits per heavy atom. The maximum atomic E-state index is 14.1. The number of halogens is 4. The lowest BCUT2D eigenvalue weighted by Gasteiger charge is -2.27. The Kier molecular flexibility index (Phi) is 9.57. The number of nitrogens with one attached hydrogen (secondary N) is 1. The lowest BCUT2D eigenvalue weighted by molar-refractivity contribution is -0.189. The molecule has 1 aliphatic heterocycles. The molecule has 2 aromatic heterocycles. The predicted molar refractivity (Wildman–Crippen MR) is 150 cm³/mol. The first-order chi connectivity index (χ1) is 22.3. The number of fused-ring (bicyclic) bond motifs is 1. The zero-order valence-corrected chi connectivity index (χ0v) is 24.0. The van der Waals surface area contributed by atoms with Gasteiger partial charge in [0.15, 0.2) is 18.1 Å². The van der Waals surface area contributed by atoms with E-state index in [0.717, 1.165) is 12.1 Å². The number of nitrogens with zero attached hydrogens (tertiary/aromatic N) is 4. The molecule has 4 aromatic rings. The maximum Gasteiger partial charge on any atom is 0.422 e. The highest BCUT2D eigenvalue weighted by Gasteiger charge is 2.51. The third-order valence-corrected chi connectivity index (χ3v) is 7.35. The second kappa shape index (κ2) is 13.4. The van der Waals surface area contributed by atoms with Crippen LogP contribution in [-0.4, -0.2) is 95.2 Å². The van der Waals surface area contributed by atoms with Gasteiger partial charge in [-0.25, -0.2) is 28.5 Å². The van der Waals surface area contributed by atoms with E-state index in [0.29, 0.717) is 5.56 Å². The van der Waals surface area contributed by atoms with E-state index < -0.39 is 73.6 Å². The monoisotopic (exact) mass is 665 g/mol. The van der Waals surface area contributed by atoms with E-state index >= 15 is 0 Å². The Labute approximate surface area is 262 Å². The number of aliphatic hydroxyl groups is 2. The summed E-state index contributed by atoms with van der Waals surface area (Å²) in [6.45, 7) is -2.30. The lowest BCUT2D eigenvalue weighted by atomic mass is 9.94. The van der Waals surface area contributed by atoms with Gasteiger partial charge in [-0.3, -0.25) is 0 Å². The summed E-state index contributed by atoms with van der Waals surface area (Å²) in [5, 5.41) is 48.4. The van der Waals surface area contributed by atoms with Crippen molar-refractivity contribution in [2.45, 2.75) is 49.2 Å². The minimum absolute atomic E-state index is 0.0626. The number of hydrogen-bond donors (Lipinski definition) is 5. The fraction of sp³-hybridized carbons (Fsp3) is 0.345. The number of aliphatic hydroxyl groups excluding tert-OH is 2. The van der Waals surface area contributed by atoms with Gasteiger partial charge in [-0.05, 0) is 23.8 Å². The zero-order chi connectivity index (χ0) is 33.9. The van der Waals surface area contributed by atoms with Gasteiger partial charge in [0.2, 0.25) is 0 Å². The van der Waals surface area contributed by atoms with Crippen molar-refractivity contribution in [3.63, 3.8) is 0 Å². The minimum Gasteiger partial charge on any atom is -0.484 e.